The number of fused-ring (bicyclic) bond motifs is 1. The van der Waals surface area contributed by atoms with Crippen molar-refractivity contribution in [1.82, 2.24) is 10.2 Å². The molecule has 2 aliphatic rings. The fraction of sp³-hybridized carbons (Fsp3) is 0.448. The molecular formula is C29H33N3O6. The van der Waals surface area contributed by atoms with E-state index >= 15 is 0 Å². The van der Waals surface area contributed by atoms with E-state index in [1.807, 2.05) is 26.8 Å². The SMILES string of the molecule is CC(C)(C)OC(=O)N1CCC(OCC#Cc2ccc3c(C(=N)C4CCC(=O)NC4=O)c(O)ccc3c2)CC1. The third-order valence-corrected chi connectivity index (χ3v) is 6.57. The number of carbonyl (C=O) groups excluding carboxylic acids is 3. The van der Waals surface area contributed by atoms with Crippen molar-refractivity contribution in [2.75, 3.05) is 19.7 Å². The number of amides is 3. The molecule has 1 atom stereocenters. The summed E-state index contributed by atoms with van der Waals surface area (Å²) in [6, 6.07) is 8.69. The van der Waals surface area contributed by atoms with Crippen molar-refractivity contribution in [3.63, 3.8) is 0 Å². The molecule has 1 unspecified atom stereocenters. The van der Waals surface area contributed by atoms with E-state index in [2.05, 4.69) is 17.2 Å². The molecular weight excluding hydrogens is 486 g/mol. The Morgan fingerprint density at radius 2 is 1.89 bits per heavy atom. The molecule has 9 nitrogen and oxygen atoms in total. The highest BCUT2D eigenvalue weighted by molar-refractivity contribution is 6.21. The Morgan fingerprint density at radius 3 is 2.58 bits per heavy atom. The Bertz CT molecular complexity index is 1330. The number of nitrogens with zero attached hydrogens (tertiary/aromatic N) is 1. The van der Waals surface area contributed by atoms with E-state index in [1.54, 1.807) is 23.1 Å². The van der Waals surface area contributed by atoms with Crippen molar-refractivity contribution in [2.45, 2.75) is 58.2 Å². The number of imide groups is 1. The van der Waals surface area contributed by atoms with Crippen LogP contribution in [0.2, 0.25) is 0 Å². The van der Waals surface area contributed by atoms with Crippen LogP contribution < -0.4 is 5.32 Å². The molecule has 0 spiro atoms. The first-order chi connectivity index (χ1) is 18.0. The lowest BCUT2D eigenvalue weighted by Crippen LogP contribution is -2.43. The Hall–Kier alpha value is -3.90. The molecule has 2 saturated heterocycles. The highest BCUT2D eigenvalue weighted by atomic mass is 16.6. The predicted octanol–water partition coefficient (Wildman–Crippen LogP) is 3.73. The molecule has 2 fully saturated rings. The van der Waals surface area contributed by atoms with Crippen LogP contribution in [-0.2, 0) is 19.1 Å². The quantitative estimate of drug-likeness (QED) is 0.321. The molecule has 0 aromatic heterocycles. The summed E-state index contributed by atoms with van der Waals surface area (Å²) in [7, 11) is 0. The number of carbonyl (C=O) groups is 3. The van der Waals surface area contributed by atoms with Crippen molar-refractivity contribution >= 4 is 34.4 Å². The van der Waals surface area contributed by atoms with Gasteiger partial charge in [0.15, 0.2) is 0 Å². The van der Waals surface area contributed by atoms with Gasteiger partial charge in [-0.1, -0.05) is 24.0 Å². The molecule has 3 N–H and O–H groups in total. The predicted molar refractivity (Wildman–Crippen MR) is 142 cm³/mol. The number of aromatic hydroxyl groups is 1. The number of phenols is 1. The van der Waals surface area contributed by atoms with Gasteiger partial charge in [0.05, 0.1) is 17.7 Å². The number of nitrogens with one attached hydrogen (secondary N) is 2. The van der Waals surface area contributed by atoms with Gasteiger partial charge in [-0.2, -0.15) is 0 Å². The van der Waals surface area contributed by atoms with Crippen molar-refractivity contribution in [3.05, 3.63) is 41.5 Å². The molecule has 2 heterocycles. The smallest absolute Gasteiger partial charge is 0.410 e. The summed E-state index contributed by atoms with van der Waals surface area (Å²) in [5.74, 6) is 4.38. The third-order valence-electron chi connectivity index (χ3n) is 6.57. The van der Waals surface area contributed by atoms with Crippen LogP contribution in [0, 0.1) is 23.2 Å². The van der Waals surface area contributed by atoms with Crippen LogP contribution in [0.1, 0.15) is 57.6 Å². The van der Waals surface area contributed by atoms with Gasteiger partial charge >= 0.3 is 6.09 Å². The molecule has 38 heavy (non-hydrogen) atoms. The first-order valence-corrected chi connectivity index (χ1v) is 12.8. The van der Waals surface area contributed by atoms with E-state index in [4.69, 9.17) is 14.9 Å². The minimum Gasteiger partial charge on any atom is -0.507 e. The number of piperidine rings is 2. The number of hydrogen-bond donors (Lipinski definition) is 3. The largest absolute Gasteiger partial charge is 0.507 e. The Morgan fingerprint density at radius 1 is 1.16 bits per heavy atom. The van der Waals surface area contributed by atoms with Crippen LogP contribution >= 0.6 is 0 Å². The second-order valence-electron chi connectivity index (χ2n) is 10.6. The monoisotopic (exact) mass is 519 g/mol. The number of hydrogen-bond acceptors (Lipinski definition) is 7. The highest BCUT2D eigenvalue weighted by Gasteiger charge is 2.32. The average molecular weight is 520 g/mol. The second kappa shape index (κ2) is 11.2. The molecule has 200 valence electrons. The van der Waals surface area contributed by atoms with Gasteiger partial charge in [0.25, 0.3) is 0 Å². The molecule has 3 amide bonds. The number of rotatable bonds is 4. The molecule has 0 radical (unpaired) electrons. The zero-order valence-corrected chi connectivity index (χ0v) is 21.9. The summed E-state index contributed by atoms with van der Waals surface area (Å²) >= 11 is 0. The number of likely N-dealkylation sites (tertiary alicyclic amines) is 1. The van der Waals surface area contributed by atoms with E-state index in [1.165, 1.54) is 6.07 Å². The molecule has 2 aromatic rings. The van der Waals surface area contributed by atoms with Crippen LogP contribution in [0.4, 0.5) is 4.79 Å². The van der Waals surface area contributed by atoms with Gasteiger partial charge in [-0.05, 0) is 69.0 Å². The normalized spacial score (nSPS) is 18.5. The molecule has 2 aliphatic heterocycles. The Balaban J connectivity index is 1.36. The molecule has 0 bridgehead atoms. The van der Waals surface area contributed by atoms with Crippen molar-refractivity contribution in [3.8, 4) is 17.6 Å². The molecule has 4 rings (SSSR count). The van der Waals surface area contributed by atoms with Crippen molar-refractivity contribution < 1.29 is 29.0 Å². The number of ether oxygens (including phenoxy) is 2. The molecule has 9 heteroatoms. The number of benzene rings is 2. The van der Waals surface area contributed by atoms with Gasteiger partial charge in [-0.3, -0.25) is 14.9 Å². The van der Waals surface area contributed by atoms with Crippen LogP contribution in [0.15, 0.2) is 30.3 Å². The summed E-state index contributed by atoms with van der Waals surface area (Å²) in [5, 5.41) is 22.8. The topological polar surface area (TPSA) is 129 Å². The average Bonchev–Trinajstić information content (AvgIpc) is 2.85. The van der Waals surface area contributed by atoms with Gasteiger partial charge in [0, 0.05) is 30.6 Å². The number of phenolic OH excluding ortho intramolecular Hbond substituents is 1. The zero-order chi connectivity index (χ0) is 27.4. The van der Waals surface area contributed by atoms with E-state index < -0.39 is 17.4 Å². The van der Waals surface area contributed by atoms with Crippen LogP contribution in [0.5, 0.6) is 5.75 Å². The van der Waals surface area contributed by atoms with E-state index in [-0.39, 0.29) is 54.6 Å². The summed E-state index contributed by atoms with van der Waals surface area (Å²) in [6.07, 6.45) is 1.59. The standard InChI is InChI=1S/C29H33N3O6/c1-29(2,3)38-28(36)32-14-12-20(13-15-32)37-16-4-5-18-6-8-21-19(17-18)7-10-23(33)25(21)26(30)22-9-11-24(34)31-27(22)35/h6-8,10,17,20,22,30,33H,9,11-16H2,1-3H3,(H,31,34,35). The minimum absolute atomic E-state index is 0.0111. The van der Waals surface area contributed by atoms with Gasteiger partial charge in [-0.25, -0.2) is 4.79 Å². The Labute approximate surface area is 222 Å². The van der Waals surface area contributed by atoms with E-state index in [0.717, 1.165) is 23.8 Å². The summed E-state index contributed by atoms with van der Waals surface area (Å²) < 4.78 is 11.3. The fourth-order valence-electron chi connectivity index (χ4n) is 4.65. The Kier molecular flexibility index (Phi) is 8.02. The first-order valence-electron chi connectivity index (χ1n) is 12.8. The lowest BCUT2D eigenvalue weighted by molar-refractivity contribution is -0.134. The van der Waals surface area contributed by atoms with Crippen molar-refractivity contribution in [1.29, 1.82) is 5.41 Å². The van der Waals surface area contributed by atoms with Crippen LogP contribution in [0.3, 0.4) is 0 Å². The lowest BCUT2D eigenvalue weighted by atomic mass is 9.86. The fourth-order valence-corrected chi connectivity index (χ4v) is 4.65. The first kappa shape index (κ1) is 27.1. The lowest BCUT2D eigenvalue weighted by Gasteiger charge is -2.33. The van der Waals surface area contributed by atoms with Crippen molar-refractivity contribution in [2.24, 2.45) is 5.92 Å². The minimum atomic E-state index is -0.795. The van der Waals surface area contributed by atoms with Gasteiger partial charge in [-0.15, -0.1) is 0 Å². The third kappa shape index (κ3) is 6.50. The molecule has 2 aromatic carbocycles. The highest BCUT2D eigenvalue weighted by Crippen LogP contribution is 2.32. The maximum absolute atomic E-state index is 12.3. The summed E-state index contributed by atoms with van der Waals surface area (Å²) in [4.78, 5) is 37.7. The summed E-state index contributed by atoms with van der Waals surface area (Å²) in [6.45, 7) is 6.98. The maximum atomic E-state index is 12.3. The molecule has 0 saturated carbocycles. The van der Waals surface area contributed by atoms with Crippen LogP contribution in [0.25, 0.3) is 10.8 Å². The van der Waals surface area contributed by atoms with Gasteiger partial charge < -0.3 is 24.9 Å². The molecule has 0 aliphatic carbocycles. The second-order valence-corrected chi connectivity index (χ2v) is 10.6. The van der Waals surface area contributed by atoms with Gasteiger partial charge in [0.1, 0.15) is 18.0 Å². The van der Waals surface area contributed by atoms with E-state index in [0.29, 0.717) is 18.5 Å². The van der Waals surface area contributed by atoms with Crippen LogP contribution in [-0.4, -0.2) is 65.0 Å². The van der Waals surface area contributed by atoms with E-state index in [9.17, 15) is 19.5 Å². The zero-order valence-electron chi connectivity index (χ0n) is 21.9. The summed E-state index contributed by atoms with van der Waals surface area (Å²) in [5.41, 5.74) is 0.519. The van der Waals surface area contributed by atoms with Gasteiger partial charge in [0.2, 0.25) is 11.8 Å². The maximum Gasteiger partial charge on any atom is 0.410 e.